The number of aryl methyl sites for hydroxylation is 1. The van der Waals surface area contributed by atoms with E-state index in [4.69, 9.17) is 9.47 Å². The number of rotatable bonds is 7. The predicted octanol–water partition coefficient (Wildman–Crippen LogP) is 3.57. The van der Waals surface area contributed by atoms with E-state index in [-0.39, 0.29) is 6.04 Å². The smallest absolute Gasteiger partial charge is 0.161 e. The van der Waals surface area contributed by atoms with E-state index in [1.165, 1.54) is 22.3 Å². The van der Waals surface area contributed by atoms with E-state index >= 15 is 0 Å². The fraction of sp³-hybridized carbons (Fsp3) is 0.455. The minimum atomic E-state index is 0.204. The van der Waals surface area contributed by atoms with Crippen LogP contribution in [0, 0.1) is 6.92 Å². The molecule has 0 amide bonds. The molecule has 1 atom stereocenters. The lowest BCUT2D eigenvalue weighted by atomic mass is 9.87. The zero-order chi connectivity index (χ0) is 18.5. The first-order valence-corrected chi connectivity index (χ1v) is 9.37. The maximum atomic E-state index is 6.08. The highest BCUT2D eigenvalue weighted by molar-refractivity contribution is 5.52. The molecule has 0 spiro atoms. The monoisotopic (exact) mass is 354 g/mol. The van der Waals surface area contributed by atoms with Gasteiger partial charge in [0.05, 0.1) is 19.8 Å². The van der Waals surface area contributed by atoms with Gasteiger partial charge in [0.15, 0.2) is 11.5 Å². The van der Waals surface area contributed by atoms with Crippen molar-refractivity contribution in [2.45, 2.75) is 25.8 Å². The quantitative estimate of drug-likeness (QED) is 0.771. The number of benzene rings is 2. The molecule has 140 valence electrons. The number of nitrogens with zero attached hydrogens (tertiary/aromatic N) is 1. The minimum Gasteiger partial charge on any atom is -0.493 e. The summed E-state index contributed by atoms with van der Waals surface area (Å²) >= 11 is 0. The van der Waals surface area contributed by atoms with Gasteiger partial charge in [0.2, 0.25) is 0 Å². The van der Waals surface area contributed by atoms with Crippen molar-refractivity contribution in [3.63, 3.8) is 0 Å². The van der Waals surface area contributed by atoms with E-state index < -0.39 is 0 Å². The largest absolute Gasteiger partial charge is 0.493 e. The van der Waals surface area contributed by atoms with Gasteiger partial charge in [0.25, 0.3) is 0 Å². The second-order valence-electron chi connectivity index (χ2n) is 7.20. The second-order valence-corrected chi connectivity index (χ2v) is 7.20. The Morgan fingerprint density at radius 1 is 1.12 bits per heavy atom. The van der Waals surface area contributed by atoms with E-state index in [0.29, 0.717) is 6.61 Å². The maximum absolute atomic E-state index is 6.08. The van der Waals surface area contributed by atoms with Crippen LogP contribution in [0.4, 0.5) is 0 Å². The van der Waals surface area contributed by atoms with Crippen LogP contribution in [0.1, 0.15) is 34.7 Å². The Morgan fingerprint density at radius 3 is 2.65 bits per heavy atom. The molecule has 1 aliphatic rings. The lowest BCUT2D eigenvalue weighted by Crippen LogP contribution is -2.31. The van der Waals surface area contributed by atoms with E-state index in [9.17, 15) is 0 Å². The molecule has 1 heterocycles. The van der Waals surface area contributed by atoms with E-state index in [1.807, 2.05) is 0 Å². The van der Waals surface area contributed by atoms with Gasteiger partial charge in [0.1, 0.15) is 0 Å². The Hall–Kier alpha value is -2.04. The van der Waals surface area contributed by atoms with Crippen LogP contribution in [-0.2, 0) is 6.42 Å². The molecule has 2 aromatic rings. The fourth-order valence-corrected chi connectivity index (χ4v) is 3.59. The maximum Gasteiger partial charge on any atom is 0.161 e. The Labute approximate surface area is 157 Å². The number of ether oxygens (including phenoxy) is 2. The summed E-state index contributed by atoms with van der Waals surface area (Å²) in [5.41, 5.74) is 5.28. The zero-order valence-corrected chi connectivity index (χ0v) is 16.3. The molecule has 0 radical (unpaired) electrons. The topological polar surface area (TPSA) is 33.7 Å². The summed E-state index contributed by atoms with van der Waals surface area (Å²) < 4.78 is 11.7. The van der Waals surface area contributed by atoms with Crippen LogP contribution in [-0.4, -0.2) is 45.8 Å². The van der Waals surface area contributed by atoms with Crippen molar-refractivity contribution in [3.05, 3.63) is 58.7 Å². The summed E-state index contributed by atoms with van der Waals surface area (Å²) in [4.78, 5) is 2.17. The van der Waals surface area contributed by atoms with E-state index in [1.54, 1.807) is 7.11 Å². The van der Waals surface area contributed by atoms with Crippen molar-refractivity contribution in [2.75, 3.05) is 40.9 Å². The molecule has 0 aliphatic carbocycles. The summed E-state index contributed by atoms with van der Waals surface area (Å²) in [5.74, 6) is 1.67. The van der Waals surface area contributed by atoms with Gasteiger partial charge in [-0.2, -0.15) is 0 Å². The van der Waals surface area contributed by atoms with Gasteiger partial charge in [-0.1, -0.05) is 24.3 Å². The molecular formula is C22H30N2O2. The summed E-state index contributed by atoms with van der Waals surface area (Å²) in [6.07, 6.45) is 2.00. The number of fused-ring (bicyclic) bond motifs is 1. The first-order chi connectivity index (χ1) is 12.6. The number of nitrogens with one attached hydrogen (secondary N) is 1. The van der Waals surface area contributed by atoms with Gasteiger partial charge < -0.3 is 19.7 Å². The molecule has 4 nitrogen and oxygen atoms in total. The Balaban J connectivity index is 1.88. The van der Waals surface area contributed by atoms with Gasteiger partial charge in [-0.25, -0.2) is 0 Å². The van der Waals surface area contributed by atoms with Crippen molar-refractivity contribution in [2.24, 2.45) is 0 Å². The molecule has 4 heteroatoms. The third-order valence-electron chi connectivity index (χ3n) is 4.99. The average molecular weight is 354 g/mol. The molecule has 3 rings (SSSR count). The molecule has 1 N–H and O–H groups in total. The first kappa shape index (κ1) is 18.7. The van der Waals surface area contributed by atoms with E-state index in [0.717, 1.165) is 37.4 Å². The van der Waals surface area contributed by atoms with Gasteiger partial charge in [-0.15, -0.1) is 0 Å². The summed E-state index contributed by atoms with van der Waals surface area (Å²) in [5, 5.41) is 3.68. The summed E-state index contributed by atoms with van der Waals surface area (Å²) in [7, 11) is 5.88. The van der Waals surface area contributed by atoms with Crippen molar-refractivity contribution in [1.29, 1.82) is 0 Å². The third-order valence-corrected chi connectivity index (χ3v) is 4.99. The molecular weight excluding hydrogens is 324 g/mol. The molecule has 0 saturated heterocycles. The summed E-state index contributed by atoms with van der Waals surface area (Å²) in [6.45, 7) is 4.85. The number of hydrogen-bond acceptors (Lipinski definition) is 4. The highest BCUT2D eigenvalue weighted by atomic mass is 16.5. The van der Waals surface area contributed by atoms with E-state index in [2.05, 4.69) is 67.6 Å². The third kappa shape index (κ3) is 4.19. The van der Waals surface area contributed by atoms with Crippen LogP contribution in [0.5, 0.6) is 11.5 Å². The highest BCUT2D eigenvalue weighted by Gasteiger charge is 2.24. The van der Waals surface area contributed by atoms with Crippen molar-refractivity contribution >= 4 is 0 Å². The van der Waals surface area contributed by atoms with Gasteiger partial charge in [0, 0.05) is 13.1 Å². The van der Waals surface area contributed by atoms with Crippen LogP contribution in [0.25, 0.3) is 0 Å². The average Bonchev–Trinajstić information content (AvgIpc) is 2.64. The van der Waals surface area contributed by atoms with Gasteiger partial charge in [-0.05, 0) is 68.2 Å². The SMILES string of the molecule is COc1cc2c(cc1OCCCN(C)C)C(c1ccccc1C)NCC2. The lowest BCUT2D eigenvalue weighted by molar-refractivity contribution is 0.267. The van der Waals surface area contributed by atoms with Crippen LogP contribution in [0.3, 0.4) is 0 Å². The van der Waals surface area contributed by atoms with Crippen LogP contribution in [0.15, 0.2) is 36.4 Å². The van der Waals surface area contributed by atoms with Gasteiger partial charge >= 0.3 is 0 Å². The lowest BCUT2D eigenvalue weighted by Gasteiger charge is -2.29. The Morgan fingerprint density at radius 2 is 1.92 bits per heavy atom. The van der Waals surface area contributed by atoms with Crippen molar-refractivity contribution in [3.8, 4) is 11.5 Å². The molecule has 2 aromatic carbocycles. The molecule has 0 bridgehead atoms. The second kappa shape index (κ2) is 8.56. The van der Waals surface area contributed by atoms with Crippen molar-refractivity contribution < 1.29 is 9.47 Å². The highest BCUT2D eigenvalue weighted by Crippen LogP contribution is 2.38. The minimum absolute atomic E-state index is 0.204. The summed E-state index contributed by atoms with van der Waals surface area (Å²) in [6, 6.07) is 13.1. The zero-order valence-electron chi connectivity index (χ0n) is 16.3. The molecule has 1 unspecified atom stereocenters. The Kier molecular flexibility index (Phi) is 6.17. The fourth-order valence-electron chi connectivity index (χ4n) is 3.59. The van der Waals surface area contributed by atoms with Crippen LogP contribution in [0.2, 0.25) is 0 Å². The molecule has 0 saturated carbocycles. The Bertz CT molecular complexity index is 743. The first-order valence-electron chi connectivity index (χ1n) is 9.37. The number of methoxy groups -OCH3 is 1. The van der Waals surface area contributed by atoms with Crippen LogP contribution >= 0.6 is 0 Å². The standard InChI is InChI=1S/C22H30N2O2/c1-16-8-5-6-9-18(16)22-19-15-21(26-13-7-12-24(2)3)20(25-4)14-17(19)10-11-23-22/h5-6,8-9,14-15,22-23H,7,10-13H2,1-4H3. The molecule has 1 aliphatic heterocycles. The molecule has 0 fully saturated rings. The number of hydrogen-bond donors (Lipinski definition) is 1. The predicted molar refractivity (Wildman–Crippen MR) is 106 cm³/mol. The molecule has 0 aromatic heterocycles. The molecule has 26 heavy (non-hydrogen) atoms. The van der Waals surface area contributed by atoms with Crippen LogP contribution < -0.4 is 14.8 Å². The normalized spacial score (nSPS) is 16.4. The van der Waals surface area contributed by atoms with Crippen molar-refractivity contribution in [1.82, 2.24) is 10.2 Å². The van der Waals surface area contributed by atoms with Gasteiger partial charge in [-0.3, -0.25) is 0 Å².